The molecule has 0 spiro atoms. The van der Waals surface area contributed by atoms with Crippen LogP contribution in [-0.2, 0) is 6.42 Å². The molecule has 2 aromatic rings. The zero-order chi connectivity index (χ0) is 14.7. The summed E-state index contributed by atoms with van der Waals surface area (Å²) in [4.78, 5) is 0. The smallest absolute Gasteiger partial charge is 0.147 e. The first-order chi connectivity index (χ1) is 9.51. The molecule has 0 fully saturated rings. The van der Waals surface area contributed by atoms with Crippen LogP contribution in [0.2, 0.25) is 20.1 Å². The Labute approximate surface area is 137 Å². The van der Waals surface area contributed by atoms with Crippen molar-refractivity contribution < 1.29 is 4.74 Å². The fraction of sp³-hybridized carbons (Fsp3) is 0.143. The SMILES string of the molecule is NCCc1ccc(Oc2cc(Cl)c(Cl)cc2Cl)cc1Cl. The van der Waals surface area contributed by atoms with E-state index in [1.54, 1.807) is 18.2 Å². The summed E-state index contributed by atoms with van der Waals surface area (Å²) in [6, 6.07) is 8.48. The highest BCUT2D eigenvalue weighted by Gasteiger charge is 2.09. The lowest BCUT2D eigenvalue weighted by Gasteiger charge is -2.10. The fourth-order valence-corrected chi connectivity index (χ4v) is 2.50. The molecule has 6 heteroatoms. The Kier molecular flexibility index (Phi) is 5.42. The van der Waals surface area contributed by atoms with Crippen molar-refractivity contribution in [2.24, 2.45) is 5.73 Å². The molecule has 0 aliphatic rings. The summed E-state index contributed by atoms with van der Waals surface area (Å²) in [7, 11) is 0. The molecule has 0 amide bonds. The van der Waals surface area contributed by atoms with E-state index in [4.69, 9.17) is 56.9 Å². The lowest BCUT2D eigenvalue weighted by Crippen LogP contribution is -2.03. The Balaban J connectivity index is 2.26. The van der Waals surface area contributed by atoms with Crippen LogP contribution in [0.5, 0.6) is 11.5 Å². The molecule has 0 aliphatic heterocycles. The average Bonchev–Trinajstić information content (AvgIpc) is 2.39. The number of hydrogen-bond donors (Lipinski definition) is 1. The highest BCUT2D eigenvalue weighted by molar-refractivity contribution is 6.43. The van der Waals surface area contributed by atoms with E-state index >= 15 is 0 Å². The van der Waals surface area contributed by atoms with E-state index in [1.165, 1.54) is 6.07 Å². The predicted molar refractivity (Wildman–Crippen MR) is 85.8 cm³/mol. The van der Waals surface area contributed by atoms with E-state index in [0.29, 0.717) is 44.6 Å². The molecule has 2 rings (SSSR count). The van der Waals surface area contributed by atoms with Crippen molar-refractivity contribution >= 4 is 46.4 Å². The fourth-order valence-electron chi connectivity index (χ4n) is 1.66. The summed E-state index contributed by atoms with van der Waals surface area (Å²) in [6.45, 7) is 0.540. The molecule has 0 atom stereocenters. The Bertz CT molecular complexity index is 631. The van der Waals surface area contributed by atoms with Crippen LogP contribution in [0.3, 0.4) is 0 Å². The maximum atomic E-state index is 6.15. The van der Waals surface area contributed by atoms with Gasteiger partial charge in [0.15, 0.2) is 0 Å². The van der Waals surface area contributed by atoms with Gasteiger partial charge in [-0.05, 0) is 36.7 Å². The van der Waals surface area contributed by atoms with Gasteiger partial charge in [-0.2, -0.15) is 0 Å². The van der Waals surface area contributed by atoms with Gasteiger partial charge < -0.3 is 10.5 Å². The van der Waals surface area contributed by atoms with Gasteiger partial charge in [0, 0.05) is 11.1 Å². The molecule has 106 valence electrons. The Hall–Kier alpha value is -0.640. The van der Waals surface area contributed by atoms with Crippen molar-refractivity contribution in [2.75, 3.05) is 6.54 Å². The first kappa shape index (κ1) is 15.7. The van der Waals surface area contributed by atoms with Crippen LogP contribution in [0.15, 0.2) is 30.3 Å². The normalized spacial score (nSPS) is 10.7. The first-order valence-electron chi connectivity index (χ1n) is 5.82. The molecule has 0 saturated heterocycles. The summed E-state index contributed by atoms with van der Waals surface area (Å²) in [5.41, 5.74) is 6.48. The van der Waals surface area contributed by atoms with Crippen LogP contribution in [0.4, 0.5) is 0 Å². The van der Waals surface area contributed by atoms with E-state index < -0.39 is 0 Å². The van der Waals surface area contributed by atoms with Gasteiger partial charge in [-0.15, -0.1) is 0 Å². The number of hydrogen-bond acceptors (Lipinski definition) is 2. The predicted octanol–water partition coefficient (Wildman–Crippen LogP) is 5.59. The van der Waals surface area contributed by atoms with Gasteiger partial charge in [-0.25, -0.2) is 0 Å². The maximum absolute atomic E-state index is 6.15. The van der Waals surface area contributed by atoms with Crippen molar-refractivity contribution in [2.45, 2.75) is 6.42 Å². The van der Waals surface area contributed by atoms with Gasteiger partial charge in [-0.1, -0.05) is 52.5 Å². The molecular weight excluding hydrogens is 340 g/mol. The van der Waals surface area contributed by atoms with Gasteiger partial charge in [0.1, 0.15) is 11.5 Å². The van der Waals surface area contributed by atoms with Crippen LogP contribution in [-0.4, -0.2) is 6.54 Å². The summed E-state index contributed by atoms with van der Waals surface area (Å²) in [5, 5.41) is 1.72. The standard InChI is InChI=1S/C14H11Cl4NO/c15-10-5-9(2-1-8(10)3-4-19)20-14-7-12(17)11(16)6-13(14)18/h1-2,5-7H,3-4,19H2. The number of benzene rings is 2. The topological polar surface area (TPSA) is 35.2 Å². The minimum atomic E-state index is 0.372. The first-order valence-corrected chi connectivity index (χ1v) is 7.33. The highest BCUT2D eigenvalue weighted by atomic mass is 35.5. The van der Waals surface area contributed by atoms with Gasteiger partial charge in [-0.3, -0.25) is 0 Å². The quantitative estimate of drug-likeness (QED) is 0.729. The van der Waals surface area contributed by atoms with Crippen LogP contribution in [0, 0.1) is 0 Å². The van der Waals surface area contributed by atoms with Gasteiger partial charge in [0.2, 0.25) is 0 Å². The van der Waals surface area contributed by atoms with Crippen LogP contribution in [0.25, 0.3) is 0 Å². The van der Waals surface area contributed by atoms with Gasteiger partial charge in [0.05, 0.1) is 15.1 Å². The van der Waals surface area contributed by atoms with Crippen molar-refractivity contribution in [1.82, 2.24) is 0 Å². The molecule has 0 heterocycles. The molecule has 0 bridgehead atoms. The Morgan fingerprint density at radius 3 is 2.20 bits per heavy atom. The largest absolute Gasteiger partial charge is 0.456 e. The Morgan fingerprint density at radius 2 is 1.55 bits per heavy atom. The summed E-state index contributed by atoms with van der Waals surface area (Å²) in [5.74, 6) is 0.986. The zero-order valence-corrected chi connectivity index (χ0v) is 13.3. The molecule has 0 radical (unpaired) electrons. The zero-order valence-electron chi connectivity index (χ0n) is 10.3. The Morgan fingerprint density at radius 1 is 0.850 bits per heavy atom. The van der Waals surface area contributed by atoms with Crippen molar-refractivity contribution in [3.8, 4) is 11.5 Å². The summed E-state index contributed by atoms with van der Waals surface area (Å²) in [6.07, 6.45) is 0.715. The summed E-state index contributed by atoms with van der Waals surface area (Å²) < 4.78 is 5.67. The maximum Gasteiger partial charge on any atom is 0.147 e. The van der Waals surface area contributed by atoms with Crippen LogP contribution in [0.1, 0.15) is 5.56 Å². The van der Waals surface area contributed by atoms with E-state index in [9.17, 15) is 0 Å². The molecule has 20 heavy (non-hydrogen) atoms. The number of nitrogens with two attached hydrogens (primary N) is 1. The second kappa shape index (κ2) is 6.88. The summed E-state index contributed by atoms with van der Waals surface area (Å²) >= 11 is 24.0. The molecule has 2 aromatic carbocycles. The number of rotatable bonds is 4. The molecular formula is C14H11Cl4NO. The van der Waals surface area contributed by atoms with Crippen LogP contribution < -0.4 is 10.5 Å². The monoisotopic (exact) mass is 349 g/mol. The third-order valence-corrected chi connectivity index (χ3v) is 4.01. The van der Waals surface area contributed by atoms with E-state index in [1.807, 2.05) is 6.07 Å². The lowest BCUT2D eigenvalue weighted by molar-refractivity contribution is 0.483. The molecule has 2 nitrogen and oxygen atoms in total. The average molecular weight is 351 g/mol. The molecule has 0 aliphatic carbocycles. The van der Waals surface area contributed by atoms with E-state index in [2.05, 4.69) is 0 Å². The third kappa shape index (κ3) is 3.72. The van der Waals surface area contributed by atoms with Crippen molar-refractivity contribution in [1.29, 1.82) is 0 Å². The molecule has 2 N–H and O–H groups in total. The highest BCUT2D eigenvalue weighted by Crippen LogP contribution is 2.37. The van der Waals surface area contributed by atoms with Crippen molar-refractivity contribution in [3.05, 3.63) is 56.0 Å². The minimum Gasteiger partial charge on any atom is -0.456 e. The number of halogens is 4. The van der Waals surface area contributed by atoms with Crippen LogP contribution >= 0.6 is 46.4 Å². The molecule has 0 unspecified atom stereocenters. The van der Waals surface area contributed by atoms with E-state index in [-0.39, 0.29) is 0 Å². The molecule has 0 aromatic heterocycles. The number of ether oxygens (including phenoxy) is 1. The second-order valence-electron chi connectivity index (χ2n) is 4.09. The third-order valence-electron chi connectivity index (χ3n) is 2.64. The second-order valence-corrected chi connectivity index (χ2v) is 5.72. The van der Waals surface area contributed by atoms with Gasteiger partial charge in [0.25, 0.3) is 0 Å². The molecule has 0 saturated carbocycles. The van der Waals surface area contributed by atoms with Gasteiger partial charge >= 0.3 is 0 Å². The minimum absolute atomic E-state index is 0.372. The van der Waals surface area contributed by atoms with E-state index in [0.717, 1.165) is 5.56 Å². The van der Waals surface area contributed by atoms with Crippen molar-refractivity contribution in [3.63, 3.8) is 0 Å². The lowest BCUT2D eigenvalue weighted by atomic mass is 10.1.